The lowest BCUT2D eigenvalue weighted by Gasteiger charge is -2.42. The quantitative estimate of drug-likeness (QED) is 0.450. The van der Waals surface area contributed by atoms with Gasteiger partial charge >= 0.3 is 0 Å². The van der Waals surface area contributed by atoms with Gasteiger partial charge < -0.3 is 9.47 Å². The molecule has 35 heavy (non-hydrogen) atoms. The van der Waals surface area contributed by atoms with Crippen LogP contribution in [0.1, 0.15) is 70.4 Å². The first-order valence-electron chi connectivity index (χ1n) is 12.2. The van der Waals surface area contributed by atoms with Crippen molar-refractivity contribution in [3.8, 4) is 5.75 Å². The first kappa shape index (κ1) is 23.9. The molecular weight excluding hydrogens is 460 g/mol. The zero-order valence-corrected chi connectivity index (χ0v) is 21.5. The lowest BCUT2D eigenvalue weighted by atomic mass is 9.65. The molecule has 2 aromatic rings. The molecule has 4 nitrogen and oxygen atoms in total. The van der Waals surface area contributed by atoms with Gasteiger partial charge in [-0.3, -0.25) is 9.59 Å². The highest BCUT2D eigenvalue weighted by atomic mass is 35.5. The van der Waals surface area contributed by atoms with Gasteiger partial charge in [-0.2, -0.15) is 0 Å². The van der Waals surface area contributed by atoms with E-state index >= 15 is 0 Å². The van der Waals surface area contributed by atoms with E-state index in [9.17, 15) is 9.59 Å². The Balaban J connectivity index is 1.50. The third kappa shape index (κ3) is 4.69. The van der Waals surface area contributed by atoms with Crippen molar-refractivity contribution in [3.63, 3.8) is 0 Å². The van der Waals surface area contributed by atoms with Crippen LogP contribution in [0.15, 0.2) is 71.2 Å². The highest BCUT2D eigenvalue weighted by Gasteiger charge is 2.47. The van der Waals surface area contributed by atoms with Crippen molar-refractivity contribution < 1.29 is 19.1 Å². The average Bonchev–Trinajstić information content (AvgIpc) is 2.76. The SMILES string of the molecule is CC1(C)CC(=O)C2=C(C1)OC1=C(C(=O)CC(C)(C)C1)C2c1ccc(OCc2ccccc2Cl)cc1. The lowest BCUT2D eigenvalue weighted by Crippen LogP contribution is -2.37. The van der Waals surface area contributed by atoms with E-state index in [1.165, 1.54) is 0 Å². The molecule has 0 amide bonds. The summed E-state index contributed by atoms with van der Waals surface area (Å²) in [6, 6.07) is 15.3. The van der Waals surface area contributed by atoms with Crippen LogP contribution >= 0.6 is 11.6 Å². The second-order valence-electron chi connectivity index (χ2n) is 11.5. The normalized spacial score (nSPS) is 21.4. The van der Waals surface area contributed by atoms with E-state index in [2.05, 4.69) is 27.7 Å². The summed E-state index contributed by atoms with van der Waals surface area (Å²) in [6.07, 6.45) is 2.28. The number of ketones is 2. The Morgan fingerprint density at radius 3 is 1.91 bits per heavy atom. The van der Waals surface area contributed by atoms with Gasteiger partial charge in [0.05, 0.1) is 0 Å². The predicted octanol–water partition coefficient (Wildman–Crippen LogP) is 7.32. The molecule has 0 radical (unpaired) electrons. The molecule has 1 aliphatic heterocycles. The summed E-state index contributed by atoms with van der Waals surface area (Å²) in [4.78, 5) is 26.8. The van der Waals surface area contributed by atoms with Crippen LogP contribution in [-0.4, -0.2) is 11.6 Å². The maximum Gasteiger partial charge on any atom is 0.163 e. The van der Waals surface area contributed by atoms with Crippen molar-refractivity contribution in [2.45, 2.75) is 65.9 Å². The molecule has 1 heterocycles. The largest absolute Gasteiger partial charge is 0.489 e. The molecule has 0 saturated heterocycles. The van der Waals surface area contributed by atoms with Crippen LogP contribution in [0, 0.1) is 10.8 Å². The van der Waals surface area contributed by atoms with E-state index < -0.39 is 5.92 Å². The van der Waals surface area contributed by atoms with E-state index in [1.54, 1.807) is 0 Å². The minimum absolute atomic E-state index is 0.0736. The van der Waals surface area contributed by atoms with Gasteiger partial charge in [0, 0.05) is 53.3 Å². The summed E-state index contributed by atoms with van der Waals surface area (Å²) >= 11 is 6.25. The molecule has 0 N–H and O–H groups in total. The second-order valence-corrected chi connectivity index (χ2v) is 11.9. The summed E-state index contributed by atoms with van der Waals surface area (Å²) in [5.41, 5.74) is 2.81. The van der Waals surface area contributed by atoms with Crippen LogP contribution in [0.3, 0.4) is 0 Å². The number of allylic oxidation sites excluding steroid dienone is 4. The standard InChI is InChI=1S/C30H31ClO4/c1-29(2)13-22(32)27-24(15-29)35-25-16-30(3,4)14-23(33)28(25)26(27)18-9-11-20(12-10-18)34-17-19-7-5-6-8-21(19)31/h5-12,26H,13-17H2,1-4H3. The van der Waals surface area contributed by atoms with Crippen molar-refractivity contribution >= 4 is 23.2 Å². The molecule has 0 atom stereocenters. The van der Waals surface area contributed by atoms with E-state index in [4.69, 9.17) is 21.1 Å². The Morgan fingerprint density at radius 2 is 1.37 bits per heavy atom. The number of hydrogen-bond acceptors (Lipinski definition) is 4. The molecule has 0 fully saturated rings. The molecule has 3 aliphatic rings. The Kier molecular flexibility index (Phi) is 5.91. The van der Waals surface area contributed by atoms with Crippen molar-refractivity contribution in [1.29, 1.82) is 0 Å². The number of carbonyl (C=O) groups excluding carboxylic acids is 2. The Labute approximate surface area is 212 Å². The Morgan fingerprint density at radius 1 is 0.829 bits per heavy atom. The predicted molar refractivity (Wildman–Crippen MR) is 136 cm³/mol. The van der Waals surface area contributed by atoms with Crippen molar-refractivity contribution in [1.82, 2.24) is 0 Å². The van der Waals surface area contributed by atoms with Crippen LogP contribution in [-0.2, 0) is 20.9 Å². The zero-order chi connectivity index (χ0) is 25.0. The monoisotopic (exact) mass is 490 g/mol. The van der Waals surface area contributed by atoms with E-state index in [0.717, 1.165) is 22.6 Å². The first-order valence-corrected chi connectivity index (χ1v) is 12.6. The number of rotatable bonds is 4. The topological polar surface area (TPSA) is 52.6 Å². The van der Waals surface area contributed by atoms with Gasteiger partial charge in [-0.05, 0) is 34.6 Å². The number of carbonyl (C=O) groups is 2. The van der Waals surface area contributed by atoms with E-state index in [1.807, 2.05) is 48.5 Å². The molecular formula is C30H31ClO4. The Bertz CT molecular complexity index is 1210. The van der Waals surface area contributed by atoms with Crippen LogP contribution in [0.5, 0.6) is 5.75 Å². The van der Waals surface area contributed by atoms with Gasteiger partial charge in [-0.1, -0.05) is 69.6 Å². The smallest absolute Gasteiger partial charge is 0.163 e. The van der Waals surface area contributed by atoms with Crippen LogP contribution in [0.25, 0.3) is 0 Å². The van der Waals surface area contributed by atoms with Gasteiger partial charge in [0.25, 0.3) is 0 Å². The molecule has 0 aromatic heterocycles. The molecule has 2 aromatic carbocycles. The number of hydrogen-bond donors (Lipinski definition) is 0. The first-order chi connectivity index (χ1) is 16.5. The summed E-state index contributed by atoms with van der Waals surface area (Å²) in [6.45, 7) is 8.74. The maximum absolute atomic E-state index is 13.4. The van der Waals surface area contributed by atoms with Crippen LogP contribution in [0.4, 0.5) is 0 Å². The molecule has 0 bridgehead atoms. The third-order valence-corrected chi connectivity index (χ3v) is 7.52. The van der Waals surface area contributed by atoms with Gasteiger partial charge in [-0.15, -0.1) is 0 Å². The van der Waals surface area contributed by atoms with Gasteiger partial charge in [0.15, 0.2) is 11.6 Å². The maximum atomic E-state index is 13.4. The number of Topliss-reactive ketones (excluding diaryl/α,β-unsaturated/α-hetero) is 2. The fourth-order valence-electron chi connectivity index (χ4n) is 5.54. The molecule has 0 unspecified atom stereocenters. The van der Waals surface area contributed by atoms with Gasteiger partial charge in [0.2, 0.25) is 0 Å². The Hall–Kier alpha value is -2.85. The fraction of sp³-hybridized carbons (Fsp3) is 0.400. The van der Waals surface area contributed by atoms with E-state index in [-0.39, 0.29) is 22.4 Å². The molecule has 0 saturated carbocycles. The fourth-order valence-corrected chi connectivity index (χ4v) is 5.73. The molecule has 0 spiro atoms. The average molecular weight is 491 g/mol. The summed E-state index contributed by atoms with van der Waals surface area (Å²) < 4.78 is 12.3. The minimum atomic E-state index is -0.390. The third-order valence-electron chi connectivity index (χ3n) is 7.15. The highest BCUT2D eigenvalue weighted by Crippen LogP contribution is 2.53. The van der Waals surface area contributed by atoms with Crippen LogP contribution in [0.2, 0.25) is 5.02 Å². The summed E-state index contributed by atoms with van der Waals surface area (Å²) in [7, 11) is 0. The van der Waals surface area contributed by atoms with Crippen molar-refractivity contribution in [2.75, 3.05) is 0 Å². The molecule has 5 heteroatoms. The van der Waals surface area contributed by atoms with Gasteiger partial charge in [0.1, 0.15) is 23.9 Å². The lowest BCUT2D eigenvalue weighted by molar-refractivity contribution is -0.120. The van der Waals surface area contributed by atoms with Crippen molar-refractivity contribution in [2.24, 2.45) is 10.8 Å². The second kappa shape index (κ2) is 8.67. The van der Waals surface area contributed by atoms with Crippen LogP contribution < -0.4 is 4.74 Å². The number of ether oxygens (including phenoxy) is 2. The molecule has 182 valence electrons. The zero-order valence-electron chi connectivity index (χ0n) is 20.7. The summed E-state index contributed by atoms with van der Waals surface area (Å²) in [5, 5.41) is 0.669. The number of benzene rings is 2. The molecule has 2 aliphatic carbocycles. The highest BCUT2D eigenvalue weighted by molar-refractivity contribution is 6.31. The van der Waals surface area contributed by atoms with Gasteiger partial charge in [-0.25, -0.2) is 0 Å². The van der Waals surface area contributed by atoms with Crippen molar-refractivity contribution in [3.05, 3.63) is 87.3 Å². The number of halogens is 1. The summed E-state index contributed by atoms with van der Waals surface area (Å²) in [5.74, 6) is 1.93. The van der Waals surface area contributed by atoms with E-state index in [0.29, 0.717) is 54.2 Å². The minimum Gasteiger partial charge on any atom is -0.489 e. The molecule has 5 rings (SSSR count).